The monoisotopic (exact) mass is 371 g/mol. The van der Waals surface area contributed by atoms with Crippen LogP contribution >= 0.6 is 0 Å². The maximum atomic E-state index is 12.8. The van der Waals surface area contributed by atoms with E-state index in [1.54, 1.807) is 56.2 Å². The number of nitrogens with zero attached hydrogens (tertiary/aromatic N) is 1. The van der Waals surface area contributed by atoms with Crippen LogP contribution in [0, 0.1) is 0 Å². The molecular formula is C20H21NO6. The Hall–Kier alpha value is -3.22. The number of hydrogen-bond donors (Lipinski definition) is 1. The summed E-state index contributed by atoms with van der Waals surface area (Å²) in [7, 11) is 1.59. The first-order chi connectivity index (χ1) is 12.8. The quantitative estimate of drug-likeness (QED) is 0.840. The Labute approximate surface area is 157 Å². The molecule has 0 atom stereocenters. The van der Waals surface area contributed by atoms with Gasteiger partial charge in [0.1, 0.15) is 23.9 Å². The normalized spacial score (nSPS) is 14.9. The van der Waals surface area contributed by atoms with Crippen LogP contribution in [-0.4, -0.2) is 42.8 Å². The number of hydrogen-bond acceptors (Lipinski definition) is 5. The van der Waals surface area contributed by atoms with Crippen LogP contribution in [0.5, 0.6) is 17.2 Å². The number of aromatic carboxylic acids is 1. The third-order valence-electron chi connectivity index (χ3n) is 4.27. The molecule has 1 aliphatic heterocycles. The van der Waals surface area contributed by atoms with E-state index in [1.807, 2.05) is 0 Å². The van der Waals surface area contributed by atoms with Gasteiger partial charge < -0.3 is 24.2 Å². The van der Waals surface area contributed by atoms with Gasteiger partial charge in [0.25, 0.3) is 5.91 Å². The van der Waals surface area contributed by atoms with Crippen LogP contribution in [0.15, 0.2) is 42.5 Å². The highest BCUT2D eigenvalue weighted by atomic mass is 16.5. The van der Waals surface area contributed by atoms with Crippen molar-refractivity contribution in [2.24, 2.45) is 0 Å². The van der Waals surface area contributed by atoms with Crippen molar-refractivity contribution in [3.63, 3.8) is 0 Å². The topological polar surface area (TPSA) is 85.3 Å². The summed E-state index contributed by atoms with van der Waals surface area (Å²) in [6, 6.07) is 11.6. The molecule has 1 N–H and O–H groups in total. The minimum atomic E-state index is -1.09. The smallest absolute Gasteiger partial charge is 0.335 e. The fourth-order valence-corrected chi connectivity index (χ4v) is 2.85. The van der Waals surface area contributed by atoms with E-state index in [0.29, 0.717) is 23.7 Å². The van der Waals surface area contributed by atoms with Crippen LogP contribution in [0.1, 0.15) is 24.2 Å². The van der Waals surface area contributed by atoms with Gasteiger partial charge in [-0.15, -0.1) is 0 Å². The van der Waals surface area contributed by atoms with Crippen molar-refractivity contribution in [1.29, 1.82) is 0 Å². The second-order valence-corrected chi connectivity index (χ2v) is 6.58. The van der Waals surface area contributed by atoms with E-state index in [2.05, 4.69) is 0 Å². The number of carboxylic acids is 1. The SMILES string of the molecule is COc1ccc(OCCN2C(=O)C(C)(C)Oc3cc(C(=O)O)ccc32)cc1. The molecule has 0 saturated carbocycles. The van der Waals surface area contributed by atoms with Crippen molar-refractivity contribution in [1.82, 2.24) is 0 Å². The van der Waals surface area contributed by atoms with E-state index in [4.69, 9.17) is 14.2 Å². The van der Waals surface area contributed by atoms with Crippen molar-refractivity contribution in [2.45, 2.75) is 19.4 Å². The van der Waals surface area contributed by atoms with Gasteiger partial charge in [-0.3, -0.25) is 4.79 Å². The molecule has 2 aromatic rings. The molecule has 7 nitrogen and oxygen atoms in total. The second kappa shape index (κ2) is 7.19. The Kier molecular flexibility index (Phi) is 4.94. The van der Waals surface area contributed by atoms with E-state index in [9.17, 15) is 14.7 Å². The van der Waals surface area contributed by atoms with Crippen molar-refractivity contribution in [3.8, 4) is 17.2 Å². The lowest BCUT2D eigenvalue weighted by atomic mass is 10.0. The van der Waals surface area contributed by atoms with Gasteiger partial charge >= 0.3 is 5.97 Å². The highest BCUT2D eigenvalue weighted by molar-refractivity contribution is 6.03. The summed E-state index contributed by atoms with van der Waals surface area (Å²) in [6.07, 6.45) is 0. The average Bonchev–Trinajstić information content (AvgIpc) is 2.64. The molecule has 0 fully saturated rings. The summed E-state index contributed by atoms with van der Waals surface area (Å²) in [4.78, 5) is 25.5. The van der Waals surface area contributed by atoms with E-state index < -0.39 is 11.6 Å². The molecule has 0 bridgehead atoms. The lowest BCUT2D eigenvalue weighted by molar-refractivity contribution is -0.132. The van der Waals surface area contributed by atoms with E-state index in [-0.39, 0.29) is 18.1 Å². The number of carbonyl (C=O) groups excluding carboxylic acids is 1. The highest BCUT2D eigenvalue weighted by Crippen LogP contribution is 2.38. The van der Waals surface area contributed by atoms with Crippen molar-refractivity contribution >= 4 is 17.6 Å². The first-order valence-corrected chi connectivity index (χ1v) is 8.47. The van der Waals surface area contributed by atoms with Gasteiger partial charge in [-0.2, -0.15) is 0 Å². The summed E-state index contributed by atoms with van der Waals surface area (Å²) >= 11 is 0. The second-order valence-electron chi connectivity index (χ2n) is 6.58. The van der Waals surface area contributed by atoms with Crippen LogP contribution in [0.3, 0.4) is 0 Å². The molecule has 0 saturated heterocycles. The van der Waals surface area contributed by atoms with E-state index in [1.165, 1.54) is 12.1 Å². The molecule has 1 aliphatic rings. The van der Waals surface area contributed by atoms with Crippen LogP contribution < -0.4 is 19.1 Å². The van der Waals surface area contributed by atoms with Gasteiger partial charge in [0, 0.05) is 0 Å². The minimum absolute atomic E-state index is 0.105. The summed E-state index contributed by atoms with van der Waals surface area (Å²) in [5.41, 5.74) is -0.458. The first-order valence-electron chi connectivity index (χ1n) is 8.47. The molecule has 142 valence electrons. The number of ether oxygens (including phenoxy) is 3. The zero-order chi connectivity index (χ0) is 19.6. The highest BCUT2D eigenvalue weighted by Gasteiger charge is 2.41. The molecule has 2 aromatic carbocycles. The average molecular weight is 371 g/mol. The summed E-state index contributed by atoms with van der Waals surface area (Å²) in [5, 5.41) is 9.17. The number of methoxy groups -OCH3 is 1. The maximum absolute atomic E-state index is 12.8. The van der Waals surface area contributed by atoms with Gasteiger partial charge in [0.15, 0.2) is 5.60 Å². The first kappa shape index (κ1) is 18.6. The summed E-state index contributed by atoms with van der Waals surface area (Å²) in [5.74, 6) is 0.499. The fraction of sp³-hybridized carbons (Fsp3) is 0.300. The third kappa shape index (κ3) is 3.81. The van der Waals surface area contributed by atoms with Gasteiger partial charge in [0.05, 0.1) is 24.9 Å². The number of rotatable bonds is 6. The lowest BCUT2D eigenvalue weighted by Crippen LogP contribution is -2.53. The zero-order valence-electron chi connectivity index (χ0n) is 15.4. The van der Waals surface area contributed by atoms with Gasteiger partial charge in [-0.25, -0.2) is 4.79 Å². The van der Waals surface area contributed by atoms with Gasteiger partial charge in [-0.05, 0) is 56.3 Å². The molecule has 3 rings (SSSR count). The number of fused-ring (bicyclic) bond motifs is 1. The minimum Gasteiger partial charge on any atom is -0.497 e. The standard InChI is InChI=1S/C20H21NO6/c1-20(2)19(24)21(10-11-26-15-7-5-14(25-3)6-8-15)16-9-4-13(18(22)23)12-17(16)27-20/h4-9,12H,10-11H2,1-3H3,(H,22,23). The summed E-state index contributed by atoms with van der Waals surface area (Å²) < 4.78 is 16.6. The van der Waals surface area contributed by atoms with Crippen molar-refractivity contribution in [2.75, 3.05) is 25.2 Å². The van der Waals surface area contributed by atoms with Crippen LogP contribution in [-0.2, 0) is 4.79 Å². The maximum Gasteiger partial charge on any atom is 0.335 e. The van der Waals surface area contributed by atoms with E-state index in [0.717, 1.165) is 5.75 Å². The molecule has 0 unspecified atom stereocenters. The van der Waals surface area contributed by atoms with Crippen molar-refractivity contribution < 1.29 is 28.9 Å². The number of carbonyl (C=O) groups is 2. The molecule has 0 aromatic heterocycles. The number of anilines is 1. The lowest BCUT2D eigenvalue weighted by Gasteiger charge is -2.38. The zero-order valence-corrected chi connectivity index (χ0v) is 15.4. The molecule has 1 amide bonds. The van der Waals surface area contributed by atoms with Crippen LogP contribution in [0.2, 0.25) is 0 Å². The molecule has 1 heterocycles. The molecule has 0 aliphatic carbocycles. The molecule has 27 heavy (non-hydrogen) atoms. The predicted octanol–water partition coefficient (Wildman–Crippen LogP) is 2.98. The fourth-order valence-electron chi connectivity index (χ4n) is 2.85. The molecular weight excluding hydrogens is 350 g/mol. The Morgan fingerprint density at radius 3 is 2.44 bits per heavy atom. The van der Waals surface area contributed by atoms with E-state index >= 15 is 0 Å². The molecule has 7 heteroatoms. The Bertz CT molecular complexity index is 859. The van der Waals surface area contributed by atoms with Gasteiger partial charge in [-0.1, -0.05) is 0 Å². The Morgan fingerprint density at radius 2 is 1.81 bits per heavy atom. The van der Waals surface area contributed by atoms with Crippen LogP contribution in [0.25, 0.3) is 0 Å². The summed E-state index contributed by atoms with van der Waals surface area (Å²) in [6.45, 7) is 3.89. The number of benzene rings is 2. The predicted molar refractivity (Wildman–Crippen MR) is 99.0 cm³/mol. The van der Waals surface area contributed by atoms with Crippen LogP contribution in [0.4, 0.5) is 5.69 Å². The molecule has 0 spiro atoms. The van der Waals surface area contributed by atoms with Gasteiger partial charge in [0.2, 0.25) is 0 Å². The largest absolute Gasteiger partial charge is 0.497 e. The Balaban J connectivity index is 1.77. The number of carboxylic acid groups (broad SMARTS) is 1. The third-order valence-corrected chi connectivity index (χ3v) is 4.27. The molecule has 0 radical (unpaired) electrons. The Morgan fingerprint density at radius 1 is 1.15 bits per heavy atom. The van der Waals surface area contributed by atoms with Crippen molar-refractivity contribution in [3.05, 3.63) is 48.0 Å². The number of amides is 1.